The average molecular weight is 388 g/mol. The molecule has 0 bridgehead atoms. The minimum atomic E-state index is 0.251. The van der Waals surface area contributed by atoms with Crippen LogP contribution in [0.4, 0.5) is 0 Å². The van der Waals surface area contributed by atoms with Crippen molar-refractivity contribution in [3.05, 3.63) is 66.7 Å². The number of methoxy groups -OCH3 is 2. The zero-order valence-electron chi connectivity index (χ0n) is 15.1. The summed E-state index contributed by atoms with van der Waals surface area (Å²) in [6.07, 6.45) is 0. The van der Waals surface area contributed by atoms with Crippen molar-refractivity contribution >= 4 is 55.5 Å². The number of hydrogen-bond acceptors (Lipinski definition) is 4. The molecule has 27 heavy (non-hydrogen) atoms. The Labute approximate surface area is 167 Å². The van der Waals surface area contributed by atoms with Crippen LogP contribution in [0.5, 0.6) is 11.5 Å². The van der Waals surface area contributed by atoms with Gasteiger partial charge in [-0.25, -0.2) is 0 Å². The van der Waals surface area contributed by atoms with Crippen LogP contribution >= 0.6 is 23.2 Å². The molecule has 0 spiro atoms. The molecule has 0 aliphatic carbocycles. The fourth-order valence-electron chi connectivity index (χ4n) is 3.80. The van der Waals surface area contributed by atoms with E-state index in [0.717, 1.165) is 11.5 Å². The summed E-state index contributed by atoms with van der Waals surface area (Å²) in [4.78, 5) is 2.67. The van der Waals surface area contributed by atoms with Crippen LogP contribution in [0.25, 0.3) is 21.5 Å². The van der Waals surface area contributed by atoms with Crippen molar-refractivity contribution in [3.8, 4) is 11.5 Å². The molecule has 4 aromatic rings. The number of rotatable bonds is 3. The lowest BCUT2D eigenvalue weighted by Gasteiger charge is -2.18. The number of hydrogen-bond donors (Lipinski definition) is 0. The van der Waals surface area contributed by atoms with Gasteiger partial charge in [0.15, 0.2) is 0 Å². The normalized spacial score (nSPS) is 13.2. The maximum absolute atomic E-state index is 5.77. The summed E-state index contributed by atoms with van der Waals surface area (Å²) >= 11 is 3.82. The number of fused-ring (bicyclic) bond motifs is 3. The van der Waals surface area contributed by atoms with Crippen LogP contribution in [0.3, 0.4) is 0 Å². The van der Waals surface area contributed by atoms with Crippen LogP contribution in [0.2, 0.25) is 0 Å². The smallest absolute Gasteiger partial charge is 0.319 e. The highest BCUT2D eigenvalue weighted by atomic mass is 32.2. The molecule has 0 saturated heterocycles. The van der Waals surface area contributed by atoms with Crippen LogP contribution < -0.4 is 14.9 Å². The molecule has 4 aromatic carbocycles. The van der Waals surface area contributed by atoms with Crippen molar-refractivity contribution in [2.75, 3.05) is 14.2 Å². The summed E-state index contributed by atoms with van der Waals surface area (Å²) in [5.41, 5.74) is 1.28. The first-order chi connectivity index (χ1) is 13.3. The fourth-order valence-corrected chi connectivity index (χ4v) is 6.75. The van der Waals surface area contributed by atoms with Gasteiger partial charge >= 0.3 is 5.27 Å². The minimum Gasteiger partial charge on any atom is -0.496 e. The van der Waals surface area contributed by atoms with E-state index in [1.54, 1.807) is 14.2 Å². The zero-order valence-corrected chi connectivity index (χ0v) is 16.7. The molecule has 0 amide bonds. The highest BCUT2D eigenvalue weighted by molar-refractivity contribution is 8.57. The second-order valence-electron chi connectivity index (χ2n) is 6.42. The van der Waals surface area contributed by atoms with Gasteiger partial charge in [0.25, 0.3) is 0 Å². The van der Waals surface area contributed by atoms with E-state index in [2.05, 4.69) is 54.6 Å². The maximum atomic E-state index is 5.77. The second-order valence-corrected chi connectivity index (χ2v) is 9.01. The molecule has 0 fully saturated rings. The van der Waals surface area contributed by atoms with E-state index in [1.807, 2.05) is 35.4 Å². The highest BCUT2D eigenvalue weighted by Crippen LogP contribution is 2.47. The lowest BCUT2D eigenvalue weighted by molar-refractivity contribution is 0.419. The van der Waals surface area contributed by atoms with Crippen LogP contribution in [0, 0.1) is 0 Å². The van der Waals surface area contributed by atoms with E-state index in [4.69, 9.17) is 9.47 Å². The molecule has 0 unspecified atom stereocenters. The summed E-state index contributed by atoms with van der Waals surface area (Å²) in [5, 5.41) is 5.00. The van der Waals surface area contributed by atoms with E-state index < -0.39 is 0 Å². The van der Waals surface area contributed by atoms with Gasteiger partial charge in [-0.15, -0.1) is 0 Å². The monoisotopic (exact) mass is 388 g/mol. The molecule has 5 rings (SSSR count). The van der Waals surface area contributed by atoms with Crippen LogP contribution in [0.15, 0.2) is 76.5 Å². The third kappa shape index (κ3) is 2.68. The molecular weight excluding hydrogens is 371 g/mol. The second kappa shape index (κ2) is 6.73. The molecule has 0 saturated carbocycles. The van der Waals surface area contributed by atoms with Crippen LogP contribution in [-0.2, 0) is 0 Å². The Morgan fingerprint density at radius 3 is 1.67 bits per heavy atom. The van der Waals surface area contributed by atoms with Gasteiger partial charge in [-0.2, -0.15) is 23.2 Å². The van der Waals surface area contributed by atoms with E-state index in [9.17, 15) is 0 Å². The Morgan fingerprint density at radius 1 is 0.667 bits per heavy atom. The topological polar surface area (TPSA) is 18.5 Å². The standard InChI is InChI=1S/C22H17BO2S2/c1-24-16-9-5-7-14-13-15-8-6-10-17(25-2)21(15)22(20(14)16)23-26-18-11-3-4-12-19(18)27-23/h3-13H,1-2H3. The predicted octanol–water partition coefficient (Wildman–Crippen LogP) is 5.60. The van der Waals surface area contributed by atoms with Crippen molar-refractivity contribution in [1.82, 2.24) is 0 Å². The highest BCUT2D eigenvalue weighted by Gasteiger charge is 2.33. The van der Waals surface area contributed by atoms with Gasteiger partial charge in [-0.3, -0.25) is 0 Å². The molecule has 0 aromatic heterocycles. The molecule has 132 valence electrons. The lowest BCUT2D eigenvalue weighted by Crippen LogP contribution is -2.24. The SMILES string of the molecule is COc1cccc2cc3cccc(OC)c3c(B3Sc4ccccc4S3)c12. The first kappa shape index (κ1) is 16.9. The Bertz CT molecular complexity index is 1090. The van der Waals surface area contributed by atoms with Gasteiger partial charge in [-0.1, -0.05) is 36.4 Å². The van der Waals surface area contributed by atoms with Crippen molar-refractivity contribution in [2.24, 2.45) is 0 Å². The summed E-state index contributed by atoms with van der Waals surface area (Å²) in [5.74, 6) is 1.82. The first-order valence-corrected chi connectivity index (χ1v) is 10.5. The van der Waals surface area contributed by atoms with Gasteiger partial charge < -0.3 is 9.47 Å². The Morgan fingerprint density at radius 2 is 1.19 bits per heavy atom. The molecule has 0 radical (unpaired) electrons. The molecule has 1 aliphatic rings. The number of ether oxygens (including phenoxy) is 2. The molecule has 0 atom stereocenters. The lowest BCUT2D eigenvalue weighted by atomic mass is 9.81. The largest absolute Gasteiger partial charge is 0.496 e. The van der Waals surface area contributed by atoms with Crippen molar-refractivity contribution in [3.63, 3.8) is 0 Å². The van der Waals surface area contributed by atoms with Gasteiger partial charge in [0, 0.05) is 20.6 Å². The van der Waals surface area contributed by atoms with Crippen LogP contribution in [0.1, 0.15) is 0 Å². The molecule has 1 heterocycles. The molecule has 0 N–H and O–H groups in total. The Kier molecular flexibility index (Phi) is 4.22. The Hall–Kier alpha value is -2.24. The third-order valence-electron chi connectivity index (χ3n) is 4.96. The minimum absolute atomic E-state index is 0.251. The van der Waals surface area contributed by atoms with Crippen molar-refractivity contribution in [2.45, 2.75) is 9.79 Å². The number of benzene rings is 4. The van der Waals surface area contributed by atoms with E-state index >= 15 is 0 Å². The van der Waals surface area contributed by atoms with Gasteiger partial charge in [0.05, 0.1) is 14.2 Å². The molecular formula is C22H17BO2S2. The van der Waals surface area contributed by atoms with E-state index in [0.29, 0.717) is 0 Å². The quantitative estimate of drug-likeness (QED) is 0.336. The summed E-state index contributed by atoms with van der Waals surface area (Å²) in [6, 6.07) is 23.4. The zero-order chi connectivity index (χ0) is 18.4. The summed E-state index contributed by atoms with van der Waals surface area (Å²) < 4.78 is 11.5. The van der Waals surface area contributed by atoms with E-state index in [-0.39, 0.29) is 5.27 Å². The van der Waals surface area contributed by atoms with Gasteiger partial charge in [0.2, 0.25) is 0 Å². The molecule has 1 aliphatic heterocycles. The van der Waals surface area contributed by atoms with Crippen molar-refractivity contribution < 1.29 is 9.47 Å². The van der Waals surface area contributed by atoms with Gasteiger partial charge in [0.1, 0.15) is 11.5 Å². The maximum Gasteiger partial charge on any atom is 0.319 e. The summed E-state index contributed by atoms with van der Waals surface area (Å²) in [6.45, 7) is 0. The van der Waals surface area contributed by atoms with Crippen molar-refractivity contribution in [1.29, 1.82) is 0 Å². The third-order valence-corrected chi connectivity index (χ3v) is 7.79. The van der Waals surface area contributed by atoms with Gasteiger partial charge in [-0.05, 0) is 46.6 Å². The van der Waals surface area contributed by atoms with E-state index in [1.165, 1.54) is 36.8 Å². The molecule has 5 heteroatoms. The average Bonchev–Trinajstić information content (AvgIpc) is 3.14. The summed E-state index contributed by atoms with van der Waals surface area (Å²) in [7, 11) is 3.49. The first-order valence-electron chi connectivity index (χ1n) is 8.79. The Balaban J connectivity index is 1.87. The van der Waals surface area contributed by atoms with Crippen LogP contribution in [-0.4, -0.2) is 19.5 Å². The molecule has 2 nitrogen and oxygen atoms in total. The fraction of sp³-hybridized carbons (Fsp3) is 0.0909. The predicted molar refractivity (Wildman–Crippen MR) is 118 cm³/mol.